The summed E-state index contributed by atoms with van der Waals surface area (Å²) in [5.74, 6) is 0.157. The lowest BCUT2D eigenvalue weighted by atomic mass is 10.1. The van der Waals surface area contributed by atoms with Crippen molar-refractivity contribution < 1.29 is 13.2 Å². The molecule has 1 amide bonds. The molecule has 1 unspecified atom stereocenters. The molecule has 0 saturated carbocycles. The van der Waals surface area contributed by atoms with E-state index in [1.807, 2.05) is 32.0 Å². The van der Waals surface area contributed by atoms with Crippen LogP contribution in [-0.2, 0) is 21.4 Å². The molecule has 9 heteroatoms. The molecule has 1 fully saturated rings. The van der Waals surface area contributed by atoms with Crippen molar-refractivity contribution in [3.8, 4) is 0 Å². The number of piperazine rings is 1. The van der Waals surface area contributed by atoms with E-state index in [1.165, 1.54) is 27.8 Å². The largest absolute Gasteiger partial charge is 0.348 e. The molecule has 0 aliphatic carbocycles. The quantitative estimate of drug-likeness (QED) is 0.546. The zero-order valence-corrected chi connectivity index (χ0v) is 20.8. The molecule has 2 heterocycles. The van der Waals surface area contributed by atoms with Gasteiger partial charge in [0, 0.05) is 53.0 Å². The molecule has 1 aromatic carbocycles. The Hall–Kier alpha value is -1.94. The summed E-state index contributed by atoms with van der Waals surface area (Å²) in [4.78, 5) is 20.8. The van der Waals surface area contributed by atoms with E-state index < -0.39 is 10.0 Å². The number of carbonyl (C=O) groups is 1. The van der Waals surface area contributed by atoms with Crippen LogP contribution in [0.1, 0.15) is 19.4 Å². The number of hydrogen-bond donors (Lipinski definition) is 0. The third kappa shape index (κ3) is 6.10. The number of sulfonamides is 1. The van der Waals surface area contributed by atoms with Crippen molar-refractivity contribution in [2.24, 2.45) is 5.92 Å². The Balaban J connectivity index is 1.62. The first-order valence-electron chi connectivity index (χ1n) is 10.8. The molecule has 1 saturated heterocycles. The van der Waals surface area contributed by atoms with E-state index in [0.717, 1.165) is 6.54 Å². The number of thioether (sulfide) groups is 1. The molecular formula is C23H32N4O3S2. The van der Waals surface area contributed by atoms with E-state index in [1.54, 1.807) is 31.1 Å². The Bertz CT molecular complexity index is 988. The van der Waals surface area contributed by atoms with Gasteiger partial charge in [0.2, 0.25) is 15.9 Å². The van der Waals surface area contributed by atoms with Crippen LogP contribution in [0.25, 0.3) is 0 Å². The number of amides is 1. The molecule has 1 aromatic heterocycles. The van der Waals surface area contributed by atoms with Gasteiger partial charge in [0.05, 0.1) is 10.3 Å². The lowest BCUT2D eigenvalue weighted by Gasteiger charge is -2.34. The fraction of sp³-hybridized carbons (Fsp3) is 0.478. The number of nitrogens with zero attached hydrogens (tertiary/aromatic N) is 4. The van der Waals surface area contributed by atoms with Crippen LogP contribution in [0.2, 0.25) is 0 Å². The van der Waals surface area contributed by atoms with E-state index in [2.05, 4.69) is 22.0 Å². The topological polar surface area (TPSA) is 73.8 Å². The summed E-state index contributed by atoms with van der Waals surface area (Å²) in [6, 6.07) is 13.5. The summed E-state index contributed by atoms with van der Waals surface area (Å²) in [5, 5.41) is 0.378. The number of aromatic nitrogens is 1. The molecule has 1 aliphatic heterocycles. The molecule has 0 spiro atoms. The maximum atomic E-state index is 13.1. The highest BCUT2D eigenvalue weighted by Crippen LogP contribution is 2.29. The summed E-state index contributed by atoms with van der Waals surface area (Å²) in [6.07, 6.45) is 1.41. The van der Waals surface area contributed by atoms with Crippen LogP contribution in [0, 0.1) is 5.92 Å². The van der Waals surface area contributed by atoms with Gasteiger partial charge in [-0.3, -0.25) is 9.69 Å². The van der Waals surface area contributed by atoms with Crippen molar-refractivity contribution >= 4 is 27.7 Å². The maximum Gasteiger partial charge on any atom is 0.244 e. The zero-order chi connectivity index (χ0) is 23.3. The molecule has 0 radical (unpaired) electrons. The van der Waals surface area contributed by atoms with Crippen molar-refractivity contribution in [3.05, 3.63) is 54.2 Å². The van der Waals surface area contributed by atoms with Crippen LogP contribution >= 0.6 is 11.8 Å². The average molecular weight is 477 g/mol. The number of rotatable bonds is 8. The first kappa shape index (κ1) is 24.7. The van der Waals surface area contributed by atoms with Crippen LogP contribution in [-0.4, -0.2) is 78.9 Å². The first-order chi connectivity index (χ1) is 15.2. The van der Waals surface area contributed by atoms with E-state index in [9.17, 15) is 13.2 Å². The van der Waals surface area contributed by atoms with Crippen LogP contribution in [0.3, 0.4) is 0 Å². The molecule has 7 nitrogen and oxygen atoms in total. The highest BCUT2D eigenvalue weighted by atomic mass is 32.2. The summed E-state index contributed by atoms with van der Waals surface area (Å²) in [6.45, 7) is 7.11. The first-order valence-corrected chi connectivity index (χ1v) is 13.1. The molecule has 1 aliphatic rings. The Morgan fingerprint density at radius 1 is 1.06 bits per heavy atom. The van der Waals surface area contributed by atoms with Crippen LogP contribution < -0.4 is 0 Å². The van der Waals surface area contributed by atoms with Crippen molar-refractivity contribution in [1.29, 1.82) is 0 Å². The monoisotopic (exact) mass is 476 g/mol. The number of pyridine rings is 1. The van der Waals surface area contributed by atoms with E-state index in [-0.39, 0.29) is 22.0 Å². The molecular weight excluding hydrogens is 444 g/mol. The van der Waals surface area contributed by atoms with Crippen LogP contribution in [0.4, 0.5) is 0 Å². The predicted molar refractivity (Wildman–Crippen MR) is 128 cm³/mol. The van der Waals surface area contributed by atoms with Gasteiger partial charge in [-0.15, -0.1) is 0 Å². The molecule has 174 valence electrons. The highest BCUT2D eigenvalue weighted by Gasteiger charge is 2.29. The summed E-state index contributed by atoms with van der Waals surface area (Å²) in [5.41, 5.74) is 1.23. The average Bonchev–Trinajstić information content (AvgIpc) is 2.78. The third-order valence-electron chi connectivity index (χ3n) is 5.46. The lowest BCUT2D eigenvalue weighted by molar-refractivity contribution is -0.128. The lowest BCUT2D eigenvalue weighted by Crippen LogP contribution is -2.48. The van der Waals surface area contributed by atoms with Gasteiger partial charge in [-0.2, -0.15) is 4.31 Å². The minimum atomic E-state index is -3.59. The Labute approximate surface area is 195 Å². The summed E-state index contributed by atoms with van der Waals surface area (Å²) in [7, 11) is -0.116. The number of carbonyl (C=O) groups excluding carboxylic acids is 1. The Morgan fingerprint density at radius 2 is 1.72 bits per heavy atom. The van der Waals surface area contributed by atoms with Gasteiger partial charge < -0.3 is 4.90 Å². The highest BCUT2D eigenvalue weighted by molar-refractivity contribution is 8.00. The van der Waals surface area contributed by atoms with Crippen molar-refractivity contribution in [3.63, 3.8) is 0 Å². The summed E-state index contributed by atoms with van der Waals surface area (Å²) >= 11 is 1.37. The predicted octanol–water partition coefficient (Wildman–Crippen LogP) is 2.79. The smallest absolute Gasteiger partial charge is 0.244 e. The zero-order valence-electron chi connectivity index (χ0n) is 19.1. The minimum Gasteiger partial charge on any atom is -0.348 e. The number of benzene rings is 1. The molecule has 32 heavy (non-hydrogen) atoms. The third-order valence-corrected chi connectivity index (χ3v) is 8.83. The van der Waals surface area contributed by atoms with E-state index >= 15 is 0 Å². The van der Waals surface area contributed by atoms with Gasteiger partial charge >= 0.3 is 0 Å². The van der Waals surface area contributed by atoms with Crippen molar-refractivity contribution in [2.45, 2.75) is 35.6 Å². The second-order valence-electron chi connectivity index (χ2n) is 8.51. The van der Waals surface area contributed by atoms with Crippen LogP contribution in [0.15, 0.2) is 58.6 Å². The maximum absolute atomic E-state index is 13.1. The van der Waals surface area contributed by atoms with Gasteiger partial charge in [-0.05, 0) is 23.6 Å². The molecule has 3 rings (SSSR count). The van der Waals surface area contributed by atoms with Gasteiger partial charge in [0.15, 0.2) is 0 Å². The fourth-order valence-corrected chi connectivity index (χ4v) is 6.04. The number of hydrogen-bond acceptors (Lipinski definition) is 6. The Kier molecular flexibility index (Phi) is 8.32. The van der Waals surface area contributed by atoms with Gasteiger partial charge in [-0.1, -0.05) is 55.9 Å². The molecule has 2 aromatic rings. The normalized spacial score (nSPS) is 16.8. The van der Waals surface area contributed by atoms with Crippen molar-refractivity contribution in [2.75, 3.05) is 40.3 Å². The van der Waals surface area contributed by atoms with E-state index in [0.29, 0.717) is 31.2 Å². The molecule has 1 atom stereocenters. The second-order valence-corrected chi connectivity index (χ2v) is 11.6. The van der Waals surface area contributed by atoms with Gasteiger partial charge in [0.1, 0.15) is 4.90 Å². The van der Waals surface area contributed by atoms with Crippen molar-refractivity contribution in [1.82, 2.24) is 19.1 Å². The minimum absolute atomic E-state index is 0.0249. The van der Waals surface area contributed by atoms with E-state index in [4.69, 9.17) is 0 Å². The van der Waals surface area contributed by atoms with Crippen LogP contribution in [0.5, 0.6) is 0 Å². The van der Waals surface area contributed by atoms with Gasteiger partial charge in [-0.25, -0.2) is 13.4 Å². The summed E-state index contributed by atoms with van der Waals surface area (Å²) < 4.78 is 27.7. The Morgan fingerprint density at radius 3 is 2.25 bits per heavy atom. The molecule has 0 bridgehead atoms. The van der Waals surface area contributed by atoms with Gasteiger partial charge in [0.25, 0.3) is 0 Å². The second kappa shape index (κ2) is 10.8. The SMILES string of the molecule is CC(C)C(Sc1ccc(S(=O)(=O)N2CCN(Cc3ccccc3)CC2)cn1)C(=O)N(C)C. The molecule has 0 N–H and O–H groups in total. The standard InChI is InChI=1S/C23H32N4O3S2/c1-18(2)22(23(28)25(3)4)31-21-11-10-20(16-24-21)32(29,30)27-14-12-26(13-15-27)17-19-8-6-5-7-9-19/h5-11,16,18,22H,12-15,17H2,1-4H3. The fourth-order valence-electron chi connectivity index (χ4n) is 3.56.